The van der Waals surface area contributed by atoms with Crippen LogP contribution in [0, 0.1) is 0 Å². The molecule has 0 aliphatic rings. The van der Waals surface area contributed by atoms with Crippen molar-refractivity contribution in [1.82, 2.24) is 6.15 Å². The number of hydrogen-bond acceptors (Lipinski definition) is 1. The van der Waals surface area contributed by atoms with E-state index in [-0.39, 0.29) is 154 Å². The summed E-state index contributed by atoms with van der Waals surface area (Å²) in [5.74, 6) is 0. The molecule has 0 aliphatic heterocycles. The Kier molecular flexibility index (Phi) is 1680. The average Bonchev–Trinajstić information content (AvgIpc) is 0. The molecule has 72 valence electrons. The van der Waals surface area contributed by atoms with Gasteiger partial charge in [-0.2, -0.15) is 9.90 Å². The number of rotatable bonds is 0. The van der Waals surface area contributed by atoms with Gasteiger partial charge in [-0.3, -0.25) is 0 Å². The number of halogens is 7. The van der Waals surface area contributed by atoms with E-state index in [4.69, 9.17) is 0 Å². The van der Waals surface area contributed by atoms with Crippen molar-refractivity contribution in [1.29, 1.82) is 0 Å². The van der Waals surface area contributed by atoms with Gasteiger partial charge in [0.25, 0.3) is 0 Å². The molecule has 3 N–H and O–H groups in total. The Morgan fingerprint density at radius 1 is 0.500 bits per heavy atom. The molecule has 0 aromatic carbocycles. The first kappa shape index (κ1) is 146. The second kappa shape index (κ2) is 115. The third kappa shape index (κ3) is 89.6. The maximum Gasteiger partial charge on any atom is 1.00 e. The molecule has 0 saturated carbocycles. The molecule has 0 fully saturated rings. The van der Waals surface area contributed by atoms with Gasteiger partial charge < -0.3 is 18.6 Å². The van der Waals surface area contributed by atoms with Gasteiger partial charge in [-0.25, -0.2) is 0 Å². The van der Waals surface area contributed by atoms with E-state index in [2.05, 4.69) is 0 Å². The summed E-state index contributed by atoms with van der Waals surface area (Å²) in [6.45, 7) is 0. The second-order valence-electron chi connectivity index (χ2n) is 0. The van der Waals surface area contributed by atoms with Gasteiger partial charge in [0.1, 0.15) is 0 Å². The summed E-state index contributed by atoms with van der Waals surface area (Å²) in [4.78, 5) is 0. The Morgan fingerprint density at radius 3 is 0.500 bits per heavy atom. The van der Waals surface area contributed by atoms with Crippen LogP contribution in [0.4, 0.5) is 0 Å². The zero-order chi connectivity index (χ0) is 0. The summed E-state index contributed by atoms with van der Waals surface area (Å²) in [5, 5.41) is 0. The van der Waals surface area contributed by atoms with E-state index < -0.39 is 0 Å². The normalized spacial score (nSPS) is 0. The summed E-state index contributed by atoms with van der Waals surface area (Å²) in [7, 11) is 0. The molecule has 1 nitrogen and oxygen atoms in total. The first-order valence-electron chi connectivity index (χ1n) is 0. The molecule has 10 heavy (non-hydrogen) atoms. The van der Waals surface area contributed by atoms with Crippen molar-refractivity contribution in [3.8, 4) is 0 Å². The van der Waals surface area contributed by atoms with Crippen molar-refractivity contribution in [3.05, 3.63) is 0 Å². The van der Waals surface area contributed by atoms with Gasteiger partial charge in [0.15, 0.2) is 0 Å². The zero-order valence-corrected chi connectivity index (χ0v) is 15.4. The summed E-state index contributed by atoms with van der Waals surface area (Å²) in [5.41, 5.74) is 0. The molecule has 0 spiro atoms. The summed E-state index contributed by atoms with van der Waals surface area (Å²) >= 11 is 0. The molecule has 1 atom stereocenters. The van der Waals surface area contributed by atoms with Crippen LogP contribution in [-0.2, 0) is 0 Å². The van der Waals surface area contributed by atoms with Crippen LogP contribution in [0.25, 0.3) is 0 Å². The quantitative estimate of drug-likeness (QED) is 0.364. The monoisotopic (exact) mass is 341 g/mol. The van der Waals surface area contributed by atoms with E-state index >= 15 is 0 Å². The molecular weight excluding hydrogens is 332 g/mol. The second-order valence-corrected chi connectivity index (χ2v) is 0. The Bertz CT molecular complexity index is 13.6. The van der Waals surface area contributed by atoms with Crippen molar-refractivity contribution in [2.24, 2.45) is 0 Å². The molecule has 1 unspecified atom stereocenters. The van der Waals surface area contributed by atoms with E-state index in [0.717, 1.165) is 0 Å². The topological polar surface area (TPSA) is 35.0 Å². The maximum absolute atomic E-state index is 0. The van der Waals surface area contributed by atoms with E-state index in [1.807, 2.05) is 0 Å². The van der Waals surface area contributed by atoms with Crippen molar-refractivity contribution in [2.75, 3.05) is 0 Å². The third-order valence-corrected chi connectivity index (χ3v) is 0. The molecule has 0 radical (unpaired) electrons. The fraction of sp³-hybridized carbons (Fsp3) is 0. The molecular formula is H12Cl7KNP. The van der Waals surface area contributed by atoms with Crippen molar-refractivity contribution in [2.45, 2.75) is 0 Å². The SMILES string of the molecule is Cl.Cl.Cl.Cl.Cl.Cl.N.P.[Cl-].[K+]. The summed E-state index contributed by atoms with van der Waals surface area (Å²) in [6, 6.07) is 0. The van der Waals surface area contributed by atoms with Gasteiger partial charge in [0, 0.05) is 0 Å². The fourth-order valence-corrected chi connectivity index (χ4v) is 0. The largest absolute Gasteiger partial charge is 1.00 e. The molecule has 0 rings (SSSR count). The van der Waals surface area contributed by atoms with Crippen molar-refractivity contribution in [3.63, 3.8) is 0 Å². The van der Waals surface area contributed by atoms with Crippen LogP contribution in [0.2, 0.25) is 0 Å². The Morgan fingerprint density at radius 2 is 0.500 bits per heavy atom. The molecule has 0 aromatic heterocycles. The minimum absolute atomic E-state index is 0. The Labute approximate surface area is 151 Å². The molecule has 0 saturated heterocycles. The van der Waals surface area contributed by atoms with Gasteiger partial charge in [-0.15, -0.1) is 74.4 Å². The zero-order valence-electron chi connectivity index (χ0n) is 5.24. The first-order valence-corrected chi connectivity index (χ1v) is 0. The minimum atomic E-state index is 0. The Hall–Kier alpha value is 4.06. The van der Waals surface area contributed by atoms with E-state index in [1.165, 1.54) is 0 Å². The predicted octanol–water partition coefficient (Wildman–Crippen LogP) is -3.24. The van der Waals surface area contributed by atoms with Crippen LogP contribution >= 0.6 is 84.3 Å². The predicted molar refractivity (Wildman–Crippen MR) is 59.6 cm³/mol. The van der Waals surface area contributed by atoms with Crippen LogP contribution in [0.5, 0.6) is 0 Å². The van der Waals surface area contributed by atoms with Crippen LogP contribution in [0.1, 0.15) is 0 Å². The van der Waals surface area contributed by atoms with E-state index in [9.17, 15) is 0 Å². The standard InChI is InChI=1S/7ClH.K.H3N.H3P/h7*1H;;2*1H3/q;;;;;;;+1;;/p-1. The Balaban J connectivity index is 0. The van der Waals surface area contributed by atoms with Crippen LogP contribution in [0.15, 0.2) is 0 Å². The van der Waals surface area contributed by atoms with Crippen LogP contribution in [-0.4, -0.2) is 0 Å². The maximum atomic E-state index is 0. The number of hydrogen-bond donors (Lipinski definition) is 1. The van der Waals surface area contributed by atoms with Crippen LogP contribution < -0.4 is 69.9 Å². The van der Waals surface area contributed by atoms with Gasteiger partial charge in [0.2, 0.25) is 0 Å². The molecule has 0 bridgehead atoms. The minimum Gasteiger partial charge on any atom is -1.00 e. The van der Waals surface area contributed by atoms with Gasteiger partial charge >= 0.3 is 51.4 Å². The first-order chi connectivity index (χ1) is 0. The molecule has 0 heterocycles. The third-order valence-electron chi connectivity index (χ3n) is 0. The van der Waals surface area contributed by atoms with Crippen LogP contribution in [0.3, 0.4) is 0 Å². The van der Waals surface area contributed by atoms with Gasteiger partial charge in [-0.1, -0.05) is 0 Å². The van der Waals surface area contributed by atoms with Crippen molar-refractivity contribution < 1.29 is 63.8 Å². The molecule has 0 aromatic rings. The van der Waals surface area contributed by atoms with Gasteiger partial charge in [-0.05, 0) is 0 Å². The fourth-order valence-electron chi connectivity index (χ4n) is 0. The smallest absolute Gasteiger partial charge is 1.00 e. The molecule has 0 amide bonds. The van der Waals surface area contributed by atoms with Crippen molar-refractivity contribution >= 4 is 84.3 Å². The molecule has 0 aliphatic carbocycles. The summed E-state index contributed by atoms with van der Waals surface area (Å²) < 4.78 is 0. The van der Waals surface area contributed by atoms with E-state index in [1.54, 1.807) is 0 Å². The van der Waals surface area contributed by atoms with E-state index in [0.29, 0.717) is 0 Å². The molecule has 10 heteroatoms. The van der Waals surface area contributed by atoms with Gasteiger partial charge in [0.05, 0.1) is 0 Å². The average molecular weight is 344 g/mol. The summed E-state index contributed by atoms with van der Waals surface area (Å²) in [6.07, 6.45) is 0.